The third kappa shape index (κ3) is 3.95. The lowest BCUT2D eigenvalue weighted by Crippen LogP contribution is -2.38. The van der Waals surface area contributed by atoms with Crippen LogP contribution < -0.4 is 5.32 Å². The molecule has 2 aliphatic rings. The summed E-state index contributed by atoms with van der Waals surface area (Å²) in [5.74, 6) is -1.22. The van der Waals surface area contributed by atoms with E-state index in [4.69, 9.17) is 4.74 Å². The maximum absolute atomic E-state index is 13.9. The number of H-pyrrole nitrogens is 1. The summed E-state index contributed by atoms with van der Waals surface area (Å²) in [6.07, 6.45) is 3.33. The van der Waals surface area contributed by atoms with E-state index in [1.54, 1.807) is 13.0 Å². The van der Waals surface area contributed by atoms with Gasteiger partial charge in [0.1, 0.15) is 11.5 Å². The maximum Gasteiger partial charge on any atom is 0.356 e. The molecule has 4 rings (SSSR count). The number of rotatable bonds is 5. The Morgan fingerprint density at radius 2 is 2.07 bits per heavy atom. The average molecular weight is 416 g/mol. The molecule has 2 atom stereocenters. The Bertz CT molecular complexity index is 999. The molecule has 2 heterocycles. The van der Waals surface area contributed by atoms with Gasteiger partial charge in [0.15, 0.2) is 0 Å². The lowest BCUT2D eigenvalue weighted by molar-refractivity contribution is -0.117. The lowest BCUT2D eigenvalue weighted by atomic mass is 9.65. The van der Waals surface area contributed by atoms with Crippen LogP contribution in [0.3, 0.4) is 0 Å². The molecule has 2 bridgehead atoms. The van der Waals surface area contributed by atoms with Gasteiger partial charge in [0.05, 0.1) is 18.8 Å². The van der Waals surface area contributed by atoms with E-state index in [1.165, 1.54) is 12.1 Å². The van der Waals surface area contributed by atoms with Crippen LogP contribution in [0.15, 0.2) is 18.2 Å². The van der Waals surface area contributed by atoms with Crippen molar-refractivity contribution in [3.05, 3.63) is 29.7 Å². The van der Waals surface area contributed by atoms with E-state index in [-0.39, 0.29) is 41.3 Å². The van der Waals surface area contributed by atoms with E-state index < -0.39 is 11.8 Å². The number of nitrogens with zero attached hydrogens (tertiary/aromatic N) is 1. The molecule has 1 aliphatic heterocycles. The van der Waals surface area contributed by atoms with Gasteiger partial charge < -0.3 is 15.0 Å². The van der Waals surface area contributed by atoms with Crippen molar-refractivity contribution in [1.82, 2.24) is 9.88 Å². The Morgan fingerprint density at radius 1 is 1.30 bits per heavy atom. The fourth-order valence-electron chi connectivity index (χ4n) is 5.78. The smallest absolute Gasteiger partial charge is 0.356 e. The van der Waals surface area contributed by atoms with Crippen molar-refractivity contribution in [2.75, 3.05) is 25.0 Å². The zero-order valence-electron chi connectivity index (χ0n) is 18.1. The normalized spacial score (nSPS) is 25.4. The van der Waals surface area contributed by atoms with Crippen LogP contribution in [0.2, 0.25) is 0 Å². The van der Waals surface area contributed by atoms with Crippen LogP contribution in [-0.4, -0.2) is 47.5 Å². The molecular formula is C23H30FN3O3. The number of nitrogens with one attached hydrogen (secondary N) is 2. The number of hydrogen-bond acceptors (Lipinski definition) is 4. The summed E-state index contributed by atoms with van der Waals surface area (Å²) >= 11 is 0. The highest BCUT2D eigenvalue weighted by atomic mass is 19.1. The molecule has 1 amide bonds. The minimum absolute atomic E-state index is 0.138. The zero-order valence-corrected chi connectivity index (χ0v) is 18.1. The number of likely N-dealkylation sites (tertiary alicyclic amines) is 1. The zero-order chi connectivity index (χ0) is 21.7. The molecule has 7 heteroatoms. The maximum atomic E-state index is 13.9. The molecule has 1 saturated heterocycles. The molecule has 30 heavy (non-hydrogen) atoms. The van der Waals surface area contributed by atoms with E-state index in [1.807, 2.05) is 0 Å². The molecule has 1 saturated carbocycles. The van der Waals surface area contributed by atoms with Crippen LogP contribution in [0, 0.1) is 16.6 Å². The molecule has 2 fully saturated rings. The fraction of sp³-hybridized carbons (Fsp3) is 0.565. The second-order valence-corrected chi connectivity index (χ2v) is 9.95. The minimum atomic E-state index is -0.573. The average Bonchev–Trinajstić information content (AvgIpc) is 3.08. The Hall–Kier alpha value is -2.41. The van der Waals surface area contributed by atoms with Crippen LogP contribution in [0.4, 0.5) is 10.1 Å². The molecule has 2 unspecified atom stereocenters. The number of hydrogen-bond donors (Lipinski definition) is 2. The third-order valence-corrected chi connectivity index (χ3v) is 6.37. The van der Waals surface area contributed by atoms with Crippen LogP contribution >= 0.6 is 0 Å². The van der Waals surface area contributed by atoms with E-state index in [0.29, 0.717) is 16.9 Å². The van der Waals surface area contributed by atoms with Crippen LogP contribution in [0.1, 0.15) is 57.4 Å². The topological polar surface area (TPSA) is 74.4 Å². The molecule has 0 radical (unpaired) electrons. The van der Waals surface area contributed by atoms with Gasteiger partial charge in [-0.1, -0.05) is 20.8 Å². The SMILES string of the molecule is CCOC(=O)c1[nH]c2ccc(F)cc2c1NC(=O)CN1CC2(C)CC1CC(C)(C)C2. The van der Waals surface area contributed by atoms with Gasteiger partial charge in [-0.25, -0.2) is 9.18 Å². The largest absolute Gasteiger partial charge is 0.461 e. The van der Waals surface area contributed by atoms with Gasteiger partial charge in [-0.3, -0.25) is 9.69 Å². The summed E-state index contributed by atoms with van der Waals surface area (Å²) in [5.41, 5.74) is 1.49. The first-order valence-corrected chi connectivity index (χ1v) is 10.6. The Labute approximate surface area is 176 Å². The summed E-state index contributed by atoms with van der Waals surface area (Å²) < 4.78 is 19.0. The summed E-state index contributed by atoms with van der Waals surface area (Å²) in [7, 11) is 0. The number of amides is 1. The third-order valence-electron chi connectivity index (χ3n) is 6.37. The molecule has 2 aromatic rings. The van der Waals surface area contributed by atoms with Crippen molar-refractivity contribution in [2.24, 2.45) is 10.8 Å². The number of esters is 1. The first kappa shape index (κ1) is 20.8. The summed E-state index contributed by atoms with van der Waals surface area (Å²) in [6.45, 7) is 9.97. The number of carbonyl (C=O) groups excluding carboxylic acids is 2. The monoisotopic (exact) mass is 415 g/mol. The molecule has 0 spiro atoms. The number of fused-ring (bicyclic) bond motifs is 3. The molecule has 2 N–H and O–H groups in total. The molecule has 162 valence electrons. The molecular weight excluding hydrogens is 385 g/mol. The number of anilines is 1. The van der Waals surface area contributed by atoms with Crippen molar-refractivity contribution in [2.45, 2.75) is 53.0 Å². The summed E-state index contributed by atoms with van der Waals surface area (Å²) in [6, 6.07) is 4.56. The van der Waals surface area contributed by atoms with Crippen LogP contribution in [-0.2, 0) is 9.53 Å². The van der Waals surface area contributed by atoms with Crippen molar-refractivity contribution >= 4 is 28.5 Å². The number of aromatic nitrogens is 1. The summed E-state index contributed by atoms with van der Waals surface area (Å²) in [4.78, 5) is 30.6. The van der Waals surface area contributed by atoms with Crippen molar-refractivity contribution in [1.29, 1.82) is 0 Å². The highest BCUT2D eigenvalue weighted by Crippen LogP contribution is 2.52. The van der Waals surface area contributed by atoms with Crippen molar-refractivity contribution in [3.8, 4) is 0 Å². The quantitative estimate of drug-likeness (QED) is 0.713. The Morgan fingerprint density at radius 3 is 2.80 bits per heavy atom. The van der Waals surface area contributed by atoms with E-state index >= 15 is 0 Å². The number of ether oxygens (including phenoxy) is 1. The van der Waals surface area contributed by atoms with Gasteiger partial charge in [-0.15, -0.1) is 0 Å². The first-order chi connectivity index (χ1) is 14.1. The highest BCUT2D eigenvalue weighted by molar-refractivity contribution is 6.11. The van der Waals surface area contributed by atoms with E-state index in [0.717, 1.165) is 25.8 Å². The van der Waals surface area contributed by atoms with Gasteiger partial charge in [-0.05, 0) is 55.2 Å². The number of benzene rings is 1. The van der Waals surface area contributed by atoms with Crippen LogP contribution in [0.5, 0.6) is 0 Å². The van der Waals surface area contributed by atoms with Gasteiger partial charge in [0, 0.05) is 23.5 Å². The molecule has 6 nitrogen and oxygen atoms in total. The van der Waals surface area contributed by atoms with E-state index in [2.05, 4.69) is 36.0 Å². The second-order valence-electron chi connectivity index (χ2n) is 9.95. The molecule has 1 aromatic carbocycles. The minimum Gasteiger partial charge on any atom is -0.461 e. The number of halogens is 1. The second kappa shape index (κ2) is 7.38. The van der Waals surface area contributed by atoms with Gasteiger partial charge in [0.25, 0.3) is 0 Å². The highest BCUT2D eigenvalue weighted by Gasteiger charge is 2.49. The van der Waals surface area contributed by atoms with Crippen LogP contribution in [0.25, 0.3) is 10.9 Å². The first-order valence-electron chi connectivity index (χ1n) is 10.6. The lowest BCUT2D eigenvalue weighted by Gasteiger charge is -2.39. The predicted octanol–water partition coefficient (Wildman–Crippen LogP) is 4.32. The van der Waals surface area contributed by atoms with E-state index in [9.17, 15) is 14.0 Å². The van der Waals surface area contributed by atoms with Crippen molar-refractivity contribution in [3.63, 3.8) is 0 Å². The van der Waals surface area contributed by atoms with Gasteiger partial charge in [0.2, 0.25) is 5.91 Å². The molecule has 1 aromatic heterocycles. The van der Waals surface area contributed by atoms with Gasteiger partial charge in [-0.2, -0.15) is 0 Å². The number of aromatic amines is 1. The molecule has 1 aliphatic carbocycles. The van der Waals surface area contributed by atoms with Crippen molar-refractivity contribution < 1.29 is 18.7 Å². The Balaban J connectivity index is 1.57. The summed E-state index contributed by atoms with van der Waals surface area (Å²) in [5, 5.41) is 3.32. The standard InChI is InChI=1S/C23H30FN3O3/c1-5-30-21(29)20-19(16-8-14(24)6-7-17(16)25-20)26-18(28)11-27-13-23(4)10-15(27)9-22(2,3)12-23/h6-8,15,25H,5,9-13H2,1-4H3,(H,26,28). The fourth-order valence-corrected chi connectivity index (χ4v) is 5.78. The van der Waals surface area contributed by atoms with Gasteiger partial charge >= 0.3 is 5.97 Å². The Kier molecular flexibility index (Phi) is 5.12. The predicted molar refractivity (Wildman–Crippen MR) is 114 cm³/mol. The number of carbonyl (C=O) groups is 2.